The second kappa shape index (κ2) is 5.43. The number of halogens is 3. The lowest BCUT2D eigenvalue weighted by atomic mass is 10.1. The standard InChI is InChI=1S/C13H14Cl2FNO3S/c1-3-12(2)8-11(17-20-12)21(18,19)13(14,15)9-5-4-6-10(16)7-9/h4-8,17H,3H2,1-2H3. The van der Waals surface area contributed by atoms with Gasteiger partial charge in [0.25, 0.3) is 0 Å². The average Bonchev–Trinajstić information content (AvgIpc) is 2.82. The van der Waals surface area contributed by atoms with Crippen LogP contribution in [0.4, 0.5) is 4.39 Å². The molecule has 1 aliphatic heterocycles. The molecule has 1 N–H and O–H groups in total. The molecule has 0 radical (unpaired) electrons. The number of hydrogen-bond donors (Lipinski definition) is 1. The Kier molecular flexibility index (Phi) is 4.28. The Morgan fingerprint density at radius 1 is 1.43 bits per heavy atom. The van der Waals surface area contributed by atoms with Crippen LogP contribution in [0.2, 0.25) is 0 Å². The SMILES string of the molecule is CCC1(C)C=C(S(=O)(=O)C(Cl)(Cl)c2cccc(F)c2)NO1. The van der Waals surface area contributed by atoms with Crippen molar-refractivity contribution in [1.29, 1.82) is 0 Å². The molecule has 0 bridgehead atoms. The Hall–Kier alpha value is -0.820. The van der Waals surface area contributed by atoms with Gasteiger partial charge in [0.1, 0.15) is 11.4 Å². The highest BCUT2D eigenvalue weighted by Crippen LogP contribution is 2.44. The maximum atomic E-state index is 13.3. The van der Waals surface area contributed by atoms with E-state index in [0.29, 0.717) is 6.42 Å². The van der Waals surface area contributed by atoms with Gasteiger partial charge >= 0.3 is 0 Å². The number of alkyl halides is 2. The van der Waals surface area contributed by atoms with Crippen LogP contribution in [-0.2, 0) is 18.3 Å². The van der Waals surface area contributed by atoms with Crippen molar-refractivity contribution in [3.05, 3.63) is 46.8 Å². The monoisotopic (exact) mass is 353 g/mol. The fourth-order valence-electron chi connectivity index (χ4n) is 1.77. The van der Waals surface area contributed by atoms with Crippen LogP contribution in [0.3, 0.4) is 0 Å². The summed E-state index contributed by atoms with van der Waals surface area (Å²) in [5.41, 5.74) is 1.50. The molecule has 0 saturated carbocycles. The van der Waals surface area contributed by atoms with Gasteiger partial charge in [0.15, 0.2) is 5.03 Å². The predicted octanol–water partition coefficient (Wildman–Crippen LogP) is 3.37. The summed E-state index contributed by atoms with van der Waals surface area (Å²) in [4.78, 5) is 5.23. The molecule has 0 spiro atoms. The quantitative estimate of drug-likeness (QED) is 0.843. The molecule has 116 valence electrons. The molecule has 1 aliphatic rings. The Labute approximate surface area is 132 Å². The zero-order valence-corrected chi connectivity index (χ0v) is 13.7. The van der Waals surface area contributed by atoms with Crippen molar-refractivity contribution in [2.45, 2.75) is 29.5 Å². The molecule has 4 nitrogen and oxygen atoms in total. The fourth-order valence-corrected chi connectivity index (χ4v) is 3.78. The molecule has 1 heterocycles. The lowest BCUT2D eigenvalue weighted by Crippen LogP contribution is -2.30. The topological polar surface area (TPSA) is 55.4 Å². The molecular weight excluding hydrogens is 340 g/mol. The first kappa shape index (κ1) is 16.5. The average molecular weight is 354 g/mol. The minimum Gasteiger partial charge on any atom is -0.265 e. The van der Waals surface area contributed by atoms with Crippen molar-refractivity contribution in [2.75, 3.05) is 0 Å². The lowest BCUT2D eigenvalue weighted by Gasteiger charge is -2.20. The maximum absolute atomic E-state index is 13.3. The Morgan fingerprint density at radius 3 is 2.62 bits per heavy atom. The summed E-state index contributed by atoms with van der Waals surface area (Å²) in [6.07, 6.45) is 1.96. The van der Waals surface area contributed by atoms with Crippen LogP contribution in [0, 0.1) is 5.82 Å². The van der Waals surface area contributed by atoms with Crippen molar-refractivity contribution in [1.82, 2.24) is 5.48 Å². The third-order valence-electron chi connectivity index (χ3n) is 3.31. The molecule has 0 aromatic heterocycles. The van der Waals surface area contributed by atoms with Crippen LogP contribution < -0.4 is 5.48 Å². The van der Waals surface area contributed by atoms with E-state index in [9.17, 15) is 12.8 Å². The lowest BCUT2D eigenvalue weighted by molar-refractivity contribution is -0.0276. The largest absolute Gasteiger partial charge is 0.265 e. The minimum atomic E-state index is -4.20. The van der Waals surface area contributed by atoms with E-state index in [0.717, 1.165) is 6.07 Å². The molecule has 1 unspecified atom stereocenters. The van der Waals surface area contributed by atoms with Gasteiger partial charge in [-0.3, -0.25) is 10.3 Å². The summed E-state index contributed by atoms with van der Waals surface area (Å²) in [5, 5.41) is -0.235. The molecule has 0 fully saturated rings. The molecule has 1 atom stereocenters. The van der Waals surface area contributed by atoms with E-state index in [4.69, 9.17) is 28.0 Å². The molecule has 2 rings (SSSR count). The van der Waals surface area contributed by atoms with Crippen molar-refractivity contribution < 1.29 is 17.6 Å². The molecule has 0 saturated heterocycles. The Morgan fingerprint density at radius 2 is 2.10 bits per heavy atom. The molecule has 21 heavy (non-hydrogen) atoms. The van der Waals surface area contributed by atoms with Crippen LogP contribution in [-0.4, -0.2) is 14.0 Å². The van der Waals surface area contributed by atoms with Crippen LogP contribution >= 0.6 is 23.2 Å². The van der Waals surface area contributed by atoms with E-state index in [2.05, 4.69) is 5.48 Å². The normalized spacial score (nSPS) is 22.8. The summed E-state index contributed by atoms with van der Waals surface area (Å²) < 4.78 is 36.1. The molecule has 1 aromatic rings. The van der Waals surface area contributed by atoms with Gasteiger partial charge < -0.3 is 0 Å². The van der Waals surface area contributed by atoms with E-state index in [1.165, 1.54) is 24.3 Å². The Bertz CT molecular complexity index is 690. The molecule has 1 aromatic carbocycles. The van der Waals surface area contributed by atoms with Gasteiger partial charge in [-0.15, -0.1) is 0 Å². The first-order valence-electron chi connectivity index (χ1n) is 6.18. The van der Waals surface area contributed by atoms with Gasteiger partial charge in [-0.1, -0.05) is 42.3 Å². The third-order valence-corrected chi connectivity index (χ3v) is 6.66. The highest BCUT2D eigenvalue weighted by Gasteiger charge is 2.47. The van der Waals surface area contributed by atoms with Crippen molar-refractivity contribution in [3.63, 3.8) is 0 Å². The van der Waals surface area contributed by atoms with E-state index < -0.39 is 24.9 Å². The first-order valence-corrected chi connectivity index (χ1v) is 8.42. The van der Waals surface area contributed by atoms with Crippen molar-refractivity contribution in [2.24, 2.45) is 0 Å². The van der Waals surface area contributed by atoms with E-state index >= 15 is 0 Å². The number of hydrogen-bond acceptors (Lipinski definition) is 4. The number of hydroxylamine groups is 1. The maximum Gasteiger partial charge on any atom is 0.249 e. The first-order chi connectivity index (χ1) is 9.62. The van der Waals surface area contributed by atoms with Crippen LogP contribution in [0.5, 0.6) is 0 Å². The molecular formula is C13H14Cl2FNO3S. The summed E-state index contributed by atoms with van der Waals surface area (Å²) in [5.74, 6) is -0.628. The molecule has 0 aliphatic carbocycles. The van der Waals surface area contributed by atoms with Gasteiger partial charge in [0.05, 0.1) is 0 Å². The van der Waals surface area contributed by atoms with Gasteiger partial charge in [-0.2, -0.15) is 0 Å². The van der Waals surface area contributed by atoms with E-state index in [-0.39, 0.29) is 10.6 Å². The highest BCUT2D eigenvalue weighted by molar-refractivity contribution is 7.98. The van der Waals surface area contributed by atoms with Gasteiger partial charge in [0, 0.05) is 5.56 Å². The second-order valence-corrected chi connectivity index (χ2v) is 8.74. The number of sulfone groups is 1. The van der Waals surface area contributed by atoms with Crippen molar-refractivity contribution in [3.8, 4) is 0 Å². The van der Waals surface area contributed by atoms with Gasteiger partial charge in [0.2, 0.25) is 13.5 Å². The van der Waals surface area contributed by atoms with Crippen LogP contribution in [0.15, 0.2) is 35.4 Å². The summed E-state index contributed by atoms with van der Waals surface area (Å²) in [7, 11) is -4.20. The fraction of sp³-hybridized carbons (Fsp3) is 0.385. The highest BCUT2D eigenvalue weighted by atomic mass is 35.5. The van der Waals surface area contributed by atoms with Crippen LogP contribution in [0.1, 0.15) is 25.8 Å². The summed E-state index contributed by atoms with van der Waals surface area (Å²) >= 11 is 12.0. The minimum absolute atomic E-state index is 0.0707. The zero-order valence-electron chi connectivity index (χ0n) is 11.4. The number of benzene rings is 1. The van der Waals surface area contributed by atoms with Crippen molar-refractivity contribution >= 4 is 33.0 Å². The van der Waals surface area contributed by atoms with E-state index in [1.54, 1.807) is 6.92 Å². The number of nitrogens with one attached hydrogen (secondary N) is 1. The summed E-state index contributed by atoms with van der Waals surface area (Å²) in [6, 6.07) is 4.83. The van der Waals surface area contributed by atoms with Gasteiger partial charge in [-0.05, 0) is 31.6 Å². The van der Waals surface area contributed by atoms with Gasteiger partial charge in [-0.25, -0.2) is 12.8 Å². The predicted molar refractivity (Wildman–Crippen MR) is 79.7 cm³/mol. The zero-order chi connectivity index (χ0) is 15.9. The second-order valence-electron chi connectivity index (χ2n) is 4.91. The Balaban J connectivity index is 2.46. The van der Waals surface area contributed by atoms with Crippen LogP contribution in [0.25, 0.3) is 0 Å². The molecule has 0 amide bonds. The number of rotatable bonds is 4. The molecule has 8 heteroatoms. The van der Waals surface area contributed by atoms with E-state index in [1.807, 2.05) is 6.92 Å². The third kappa shape index (κ3) is 2.90. The summed E-state index contributed by atoms with van der Waals surface area (Å²) in [6.45, 7) is 3.56. The smallest absolute Gasteiger partial charge is 0.249 e.